The molecule has 0 amide bonds. The number of rotatable bonds is 5. The molecule has 0 saturated carbocycles. The summed E-state index contributed by atoms with van der Waals surface area (Å²) in [5, 5.41) is 12.1. The molecule has 0 spiro atoms. The molecule has 2 aromatic heterocycles. The van der Waals surface area contributed by atoms with Gasteiger partial charge in [0.25, 0.3) is 5.56 Å². The second-order valence-electron chi connectivity index (χ2n) is 5.39. The van der Waals surface area contributed by atoms with Crippen LogP contribution in [0.5, 0.6) is 0 Å². The van der Waals surface area contributed by atoms with Crippen molar-refractivity contribution in [3.8, 4) is 0 Å². The molecule has 0 atom stereocenters. The highest BCUT2D eigenvalue weighted by Gasteiger charge is 2.17. The van der Waals surface area contributed by atoms with Crippen LogP contribution in [0.25, 0.3) is 0 Å². The topological polar surface area (TPSA) is 78.5 Å². The molecule has 11 heteroatoms. The third kappa shape index (κ3) is 3.62. The molecular weight excluding hydrogens is 369 g/mol. The minimum atomic E-state index is -1.29. The fourth-order valence-corrected chi connectivity index (χ4v) is 2.80. The van der Waals surface area contributed by atoms with Gasteiger partial charge >= 0.3 is 0 Å². The molecular formula is C15H13F3N6OS. The monoisotopic (exact) mass is 382 g/mol. The molecule has 136 valence electrons. The van der Waals surface area contributed by atoms with Crippen LogP contribution in [0.4, 0.5) is 13.2 Å². The highest BCUT2D eigenvalue weighted by Crippen LogP contribution is 2.17. The highest BCUT2D eigenvalue weighted by molar-refractivity contribution is 7.98. The molecule has 0 saturated heterocycles. The average Bonchev–Trinajstić information content (AvgIpc) is 3.01. The van der Waals surface area contributed by atoms with Crippen molar-refractivity contribution < 1.29 is 13.2 Å². The summed E-state index contributed by atoms with van der Waals surface area (Å²) in [5.41, 5.74) is -0.630. The number of aryl methyl sites for hydroxylation is 1. The van der Waals surface area contributed by atoms with Crippen LogP contribution < -0.4 is 5.56 Å². The van der Waals surface area contributed by atoms with Gasteiger partial charge in [-0.15, -0.1) is 10.2 Å². The molecule has 3 aromatic rings. The van der Waals surface area contributed by atoms with Crippen LogP contribution in [-0.4, -0.2) is 35.8 Å². The Kier molecular flexibility index (Phi) is 5.07. The maximum absolute atomic E-state index is 13.9. The fraction of sp³-hybridized carbons (Fsp3) is 0.267. The Bertz CT molecular complexity index is 1020. The minimum absolute atomic E-state index is 0.0432. The van der Waals surface area contributed by atoms with E-state index < -0.39 is 23.0 Å². The Morgan fingerprint density at radius 3 is 2.50 bits per heavy atom. The van der Waals surface area contributed by atoms with Gasteiger partial charge in [-0.2, -0.15) is 5.10 Å². The maximum atomic E-state index is 13.9. The summed E-state index contributed by atoms with van der Waals surface area (Å²) in [6, 6.07) is 1.17. The van der Waals surface area contributed by atoms with Crippen LogP contribution in [0, 0.1) is 17.5 Å². The molecule has 0 aliphatic rings. The van der Waals surface area contributed by atoms with Crippen LogP contribution in [0.1, 0.15) is 17.1 Å². The van der Waals surface area contributed by atoms with Gasteiger partial charge < -0.3 is 0 Å². The Balaban J connectivity index is 2.01. The van der Waals surface area contributed by atoms with E-state index >= 15 is 0 Å². The first-order valence-corrected chi connectivity index (χ1v) is 8.60. The van der Waals surface area contributed by atoms with E-state index in [2.05, 4.69) is 20.3 Å². The quantitative estimate of drug-likeness (QED) is 0.492. The lowest BCUT2D eigenvalue weighted by Gasteiger charge is -2.11. The lowest BCUT2D eigenvalue weighted by atomic mass is 10.2. The van der Waals surface area contributed by atoms with E-state index in [-0.39, 0.29) is 29.4 Å². The zero-order valence-corrected chi connectivity index (χ0v) is 14.6. The van der Waals surface area contributed by atoms with Crippen LogP contribution in [0.2, 0.25) is 0 Å². The Morgan fingerprint density at radius 1 is 1.12 bits per heavy atom. The number of nitrogens with zero attached hydrogens (tertiary/aromatic N) is 6. The normalized spacial score (nSPS) is 11.1. The first-order chi connectivity index (χ1) is 12.4. The lowest BCUT2D eigenvalue weighted by Crippen LogP contribution is -2.29. The smallest absolute Gasteiger partial charge is 0.276 e. The van der Waals surface area contributed by atoms with E-state index in [0.717, 1.165) is 22.4 Å². The first-order valence-electron chi connectivity index (χ1n) is 7.37. The van der Waals surface area contributed by atoms with Crippen molar-refractivity contribution in [1.82, 2.24) is 29.5 Å². The van der Waals surface area contributed by atoms with Gasteiger partial charge in [0.2, 0.25) is 0 Å². The van der Waals surface area contributed by atoms with E-state index in [0.29, 0.717) is 11.9 Å². The summed E-state index contributed by atoms with van der Waals surface area (Å²) in [7, 11) is 1.68. The summed E-state index contributed by atoms with van der Waals surface area (Å²) in [5.74, 6) is -3.06. The van der Waals surface area contributed by atoms with Crippen LogP contribution in [-0.2, 0) is 20.0 Å². The van der Waals surface area contributed by atoms with Crippen molar-refractivity contribution in [2.45, 2.75) is 18.1 Å². The van der Waals surface area contributed by atoms with Gasteiger partial charge in [-0.25, -0.2) is 18.2 Å². The zero-order valence-electron chi connectivity index (χ0n) is 13.8. The third-order valence-electron chi connectivity index (χ3n) is 3.55. The molecule has 0 bridgehead atoms. The van der Waals surface area contributed by atoms with Crippen LogP contribution >= 0.6 is 11.8 Å². The fourth-order valence-electron chi connectivity index (χ4n) is 2.31. The van der Waals surface area contributed by atoms with Gasteiger partial charge in [0.15, 0.2) is 22.6 Å². The second kappa shape index (κ2) is 7.28. The van der Waals surface area contributed by atoms with E-state index in [1.54, 1.807) is 13.3 Å². The van der Waals surface area contributed by atoms with Gasteiger partial charge in [-0.3, -0.25) is 14.0 Å². The van der Waals surface area contributed by atoms with Gasteiger partial charge in [0, 0.05) is 18.7 Å². The molecule has 0 unspecified atom stereocenters. The summed E-state index contributed by atoms with van der Waals surface area (Å²) < 4.78 is 43.1. The largest absolute Gasteiger partial charge is 0.280 e. The van der Waals surface area contributed by atoms with Crippen LogP contribution in [0.15, 0.2) is 28.4 Å². The Hall–Kier alpha value is -2.69. The Morgan fingerprint density at radius 2 is 1.85 bits per heavy atom. The van der Waals surface area contributed by atoms with E-state index in [1.165, 1.54) is 11.0 Å². The molecule has 3 rings (SSSR count). The average molecular weight is 382 g/mol. The van der Waals surface area contributed by atoms with Crippen molar-refractivity contribution in [3.63, 3.8) is 0 Å². The zero-order chi connectivity index (χ0) is 18.8. The maximum Gasteiger partial charge on any atom is 0.276 e. The lowest BCUT2D eigenvalue weighted by molar-refractivity contribution is 0.484. The van der Waals surface area contributed by atoms with Gasteiger partial charge in [0.1, 0.15) is 17.8 Å². The molecule has 0 radical (unpaired) electrons. The van der Waals surface area contributed by atoms with Crippen molar-refractivity contribution in [2.24, 2.45) is 7.05 Å². The number of aromatic nitrogens is 6. The first kappa shape index (κ1) is 18.1. The van der Waals surface area contributed by atoms with Crippen LogP contribution in [0.3, 0.4) is 0 Å². The van der Waals surface area contributed by atoms with Crippen molar-refractivity contribution >= 4 is 11.8 Å². The summed E-state index contributed by atoms with van der Waals surface area (Å²) in [4.78, 5) is 16.7. The third-order valence-corrected chi connectivity index (χ3v) is 4.22. The van der Waals surface area contributed by atoms with E-state index in [4.69, 9.17) is 0 Å². The molecule has 0 aliphatic heterocycles. The van der Waals surface area contributed by atoms with E-state index in [9.17, 15) is 18.0 Å². The molecule has 2 heterocycles. The summed E-state index contributed by atoms with van der Waals surface area (Å²) in [6.07, 6.45) is 3.19. The SMILES string of the molecule is CSc1nnc(Cc2ncn(C)n2)c(=O)n1Cc1cc(F)c(F)cc1F. The second-order valence-corrected chi connectivity index (χ2v) is 6.17. The highest BCUT2D eigenvalue weighted by atomic mass is 32.2. The number of hydrogen-bond donors (Lipinski definition) is 0. The summed E-state index contributed by atoms with van der Waals surface area (Å²) in [6.45, 7) is -0.309. The molecule has 26 heavy (non-hydrogen) atoms. The van der Waals surface area contributed by atoms with Gasteiger partial charge in [-0.05, 0) is 12.3 Å². The van der Waals surface area contributed by atoms with Gasteiger partial charge in [-0.1, -0.05) is 11.8 Å². The molecule has 0 aliphatic carbocycles. The molecule has 1 aromatic carbocycles. The molecule has 7 nitrogen and oxygen atoms in total. The number of thioether (sulfide) groups is 1. The van der Waals surface area contributed by atoms with Gasteiger partial charge in [0.05, 0.1) is 13.0 Å². The Labute approximate surface area is 149 Å². The van der Waals surface area contributed by atoms with E-state index in [1.807, 2.05) is 0 Å². The predicted octanol–water partition coefficient (Wildman–Crippen LogP) is 1.55. The number of hydrogen-bond acceptors (Lipinski definition) is 6. The minimum Gasteiger partial charge on any atom is -0.280 e. The summed E-state index contributed by atoms with van der Waals surface area (Å²) >= 11 is 1.12. The molecule has 0 fully saturated rings. The van der Waals surface area contributed by atoms with Crippen molar-refractivity contribution in [1.29, 1.82) is 0 Å². The number of halogens is 3. The standard InChI is InChI=1S/C15H13F3N6OS/c1-23-7-19-13(22-23)5-12-14(25)24(15(26-2)21-20-12)6-8-3-10(17)11(18)4-9(8)16/h3-4,7H,5-6H2,1-2H3. The van der Waals surface area contributed by atoms with Crippen molar-refractivity contribution in [2.75, 3.05) is 6.26 Å². The van der Waals surface area contributed by atoms with Crippen molar-refractivity contribution in [3.05, 3.63) is 63.3 Å². The molecule has 0 N–H and O–H groups in total. The number of benzene rings is 1. The predicted molar refractivity (Wildman–Crippen MR) is 87.3 cm³/mol.